The summed E-state index contributed by atoms with van der Waals surface area (Å²) in [5, 5.41) is 0. The molecule has 2 unspecified atom stereocenters. The number of nitrogens with zero attached hydrogens (tertiary/aromatic N) is 1. The minimum atomic E-state index is -4.53. The van der Waals surface area contributed by atoms with Crippen LogP contribution in [0.1, 0.15) is 264 Å². The molecule has 0 saturated carbocycles. The van der Waals surface area contributed by atoms with Gasteiger partial charge in [0.05, 0.1) is 34.4 Å². The first-order chi connectivity index (χ1) is 31.1. The molecule has 0 spiro atoms. The maximum Gasteiger partial charge on any atom is 0.306 e. The molecule has 0 saturated heterocycles. The van der Waals surface area contributed by atoms with Crippen molar-refractivity contribution >= 4 is 13.8 Å². The Morgan fingerprint density at radius 2 is 0.812 bits per heavy atom. The first kappa shape index (κ1) is 63.0. The molecule has 0 aliphatic heterocycles. The van der Waals surface area contributed by atoms with Crippen LogP contribution in [-0.2, 0) is 27.9 Å². The van der Waals surface area contributed by atoms with E-state index in [0.717, 1.165) is 32.1 Å². The molecule has 0 rings (SSSR count). The Bertz CT molecular complexity index is 1080. The number of likely N-dealkylation sites (N-methyl/N-ethyl adjacent to an activating group) is 1. The lowest BCUT2D eigenvalue weighted by Gasteiger charge is -2.28. The van der Waals surface area contributed by atoms with Gasteiger partial charge in [0.1, 0.15) is 19.3 Å². The van der Waals surface area contributed by atoms with Gasteiger partial charge in [-0.05, 0) is 64.2 Å². The van der Waals surface area contributed by atoms with Crippen LogP contribution < -0.4 is 4.89 Å². The number of esters is 1. The van der Waals surface area contributed by atoms with E-state index in [-0.39, 0.29) is 25.8 Å². The second kappa shape index (κ2) is 48.4. The van der Waals surface area contributed by atoms with Gasteiger partial charge in [-0.3, -0.25) is 9.36 Å². The number of allylic oxidation sites excluding steroid dienone is 4. The van der Waals surface area contributed by atoms with Crippen LogP contribution in [0.25, 0.3) is 0 Å². The lowest BCUT2D eigenvalue weighted by atomic mass is 10.0. The van der Waals surface area contributed by atoms with Crippen molar-refractivity contribution in [3.05, 3.63) is 24.3 Å². The lowest BCUT2D eigenvalue weighted by molar-refractivity contribution is -0.870. The molecule has 0 radical (unpaired) electrons. The van der Waals surface area contributed by atoms with Crippen LogP contribution in [0.15, 0.2) is 24.3 Å². The number of quaternary nitrogens is 1. The monoisotopic (exact) mass is 926 g/mol. The van der Waals surface area contributed by atoms with Gasteiger partial charge in [0, 0.05) is 13.0 Å². The molecule has 380 valence electrons. The van der Waals surface area contributed by atoms with E-state index >= 15 is 0 Å². The average Bonchev–Trinajstić information content (AvgIpc) is 3.25. The summed E-state index contributed by atoms with van der Waals surface area (Å²) in [5.74, 6) is -0.334. The number of rotatable bonds is 52. The van der Waals surface area contributed by atoms with E-state index < -0.39 is 13.9 Å². The largest absolute Gasteiger partial charge is 0.756 e. The summed E-state index contributed by atoms with van der Waals surface area (Å²) >= 11 is 0. The number of phosphoric ester groups is 1. The zero-order chi connectivity index (χ0) is 46.9. The van der Waals surface area contributed by atoms with Crippen LogP contribution >= 0.6 is 7.82 Å². The zero-order valence-electron chi connectivity index (χ0n) is 43.3. The molecule has 0 N–H and O–H groups in total. The minimum absolute atomic E-state index is 0.0272. The summed E-state index contributed by atoms with van der Waals surface area (Å²) in [6.07, 6.45) is 57.8. The van der Waals surface area contributed by atoms with E-state index in [1.54, 1.807) is 0 Å². The molecule has 9 heteroatoms. The van der Waals surface area contributed by atoms with Gasteiger partial charge in [0.2, 0.25) is 0 Å². The van der Waals surface area contributed by atoms with Crippen LogP contribution in [0, 0.1) is 0 Å². The third kappa shape index (κ3) is 52.0. The number of ether oxygens (including phenoxy) is 2. The first-order valence-electron chi connectivity index (χ1n) is 27.6. The topological polar surface area (TPSA) is 94.1 Å². The normalized spacial score (nSPS) is 13.7. The molecule has 2 atom stereocenters. The molecule has 0 fully saturated rings. The zero-order valence-corrected chi connectivity index (χ0v) is 44.1. The highest BCUT2D eigenvalue weighted by molar-refractivity contribution is 7.45. The Balaban J connectivity index is 4.07. The van der Waals surface area contributed by atoms with Gasteiger partial charge in [0.25, 0.3) is 7.82 Å². The predicted molar refractivity (Wildman–Crippen MR) is 273 cm³/mol. The highest BCUT2D eigenvalue weighted by atomic mass is 31.2. The van der Waals surface area contributed by atoms with Crippen molar-refractivity contribution in [1.82, 2.24) is 0 Å². The van der Waals surface area contributed by atoms with Gasteiger partial charge in [-0.2, -0.15) is 0 Å². The van der Waals surface area contributed by atoms with Gasteiger partial charge in [-0.1, -0.05) is 218 Å². The van der Waals surface area contributed by atoms with E-state index in [1.807, 2.05) is 21.1 Å². The average molecular weight is 926 g/mol. The number of phosphoric acid groups is 1. The Labute approximate surface area is 398 Å². The summed E-state index contributed by atoms with van der Waals surface area (Å²) in [5.41, 5.74) is 0. The van der Waals surface area contributed by atoms with Gasteiger partial charge in [0.15, 0.2) is 0 Å². The van der Waals surface area contributed by atoms with Crippen molar-refractivity contribution in [3.63, 3.8) is 0 Å². The fourth-order valence-corrected chi connectivity index (χ4v) is 8.68. The van der Waals surface area contributed by atoms with Crippen molar-refractivity contribution in [2.75, 3.05) is 54.1 Å². The van der Waals surface area contributed by atoms with E-state index in [2.05, 4.69) is 38.2 Å². The molecule has 0 aromatic heterocycles. The maximum absolute atomic E-state index is 12.8. The van der Waals surface area contributed by atoms with Gasteiger partial charge in [-0.25, -0.2) is 0 Å². The molecular weight excluding hydrogens is 818 g/mol. The Morgan fingerprint density at radius 1 is 0.469 bits per heavy atom. The summed E-state index contributed by atoms with van der Waals surface area (Å²) in [6, 6.07) is 0. The molecular formula is C55H108NO7P. The third-order valence-electron chi connectivity index (χ3n) is 12.2. The Hall–Kier alpha value is -1.02. The SMILES string of the molecule is CCCCCCCCC/C=C\CCCCCCCCCC(=O)OC(COCCCCCCCCCCCCCC/C=C\CCCCCCCCCC)COP(=O)([O-])OCC[N+](C)(C)C. The van der Waals surface area contributed by atoms with Crippen LogP contribution in [0.2, 0.25) is 0 Å². The van der Waals surface area contributed by atoms with Crippen LogP contribution in [0.3, 0.4) is 0 Å². The first-order valence-corrected chi connectivity index (χ1v) is 29.0. The van der Waals surface area contributed by atoms with Crippen LogP contribution in [0.4, 0.5) is 0 Å². The van der Waals surface area contributed by atoms with E-state index in [9.17, 15) is 14.3 Å². The van der Waals surface area contributed by atoms with Crippen molar-refractivity contribution in [2.45, 2.75) is 270 Å². The maximum atomic E-state index is 12.8. The van der Waals surface area contributed by atoms with Crippen LogP contribution in [-0.4, -0.2) is 70.7 Å². The van der Waals surface area contributed by atoms with Crippen LogP contribution in [0.5, 0.6) is 0 Å². The third-order valence-corrected chi connectivity index (χ3v) is 13.2. The van der Waals surface area contributed by atoms with E-state index in [1.165, 1.54) is 212 Å². The molecule has 0 aliphatic carbocycles. The standard InChI is InChI=1S/C55H108NO7P/c1-6-8-10-12-14-16-18-20-22-24-26-27-28-29-30-31-33-35-37-39-41-43-45-47-50-60-52-54(53-62-64(58,59)61-51-49-56(3,4)5)63-55(57)48-46-44-42-40-38-36-34-32-25-23-21-19-17-15-13-11-9-7-2/h23-26,54H,6-22,27-53H2,1-5H3/b25-23-,26-24-. The number of carbonyl (C=O) groups excluding carboxylic acids is 1. The van der Waals surface area contributed by atoms with Crippen molar-refractivity contribution in [2.24, 2.45) is 0 Å². The fourth-order valence-electron chi connectivity index (χ4n) is 7.95. The lowest BCUT2D eigenvalue weighted by Crippen LogP contribution is -2.37. The Kier molecular flexibility index (Phi) is 47.7. The quantitative estimate of drug-likeness (QED) is 0.0197. The molecule has 0 bridgehead atoms. The Morgan fingerprint density at radius 3 is 1.19 bits per heavy atom. The van der Waals surface area contributed by atoms with Crippen molar-refractivity contribution < 1.29 is 37.3 Å². The van der Waals surface area contributed by atoms with Gasteiger partial charge in [-0.15, -0.1) is 0 Å². The number of hydrogen-bond acceptors (Lipinski definition) is 7. The molecule has 0 aromatic carbocycles. The second-order valence-corrected chi connectivity index (χ2v) is 21.3. The predicted octanol–water partition coefficient (Wildman–Crippen LogP) is 16.5. The van der Waals surface area contributed by atoms with Gasteiger partial charge < -0.3 is 27.9 Å². The van der Waals surface area contributed by atoms with Crippen molar-refractivity contribution in [3.8, 4) is 0 Å². The number of unbranched alkanes of at least 4 members (excludes halogenated alkanes) is 34. The number of hydrogen-bond donors (Lipinski definition) is 0. The van der Waals surface area contributed by atoms with Gasteiger partial charge >= 0.3 is 5.97 Å². The van der Waals surface area contributed by atoms with E-state index in [4.69, 9.17) is 18.5 Å². The van der Waals surface area contributed by atoms with Crippen molar-refractivity contribution in [1.29, 1.82) is 0 Å². The summed E-state index contributed by atoms with van der Waals surface area (Å²) in [6.45, 7) is 5.46. The molecule has 0 aliphatic rings. The summed E-state index contributed by atoms with van der Waals surface area (Å²) in [7, 11) is 1.37. The molecule has 8 nitrogen and oxygen atoms in total. The number of carbonyl (C=O) groups is 1. The molecule has 0 amide bonds. The fraction of sp³-hybridized carbons (Fsp3) is 0.909. The molecule has 0 heterocycles. The molecule has 64 heavy (non-hydrogen) atoms. The second-order valence-electron chi connectivity index (χ2n) is 19.9. The highest BCUT2D eigenvalue weighted by Gasteiger charge is 2.20. The minimum Gasteiger partial charge on any atom is -0.756 e. The highest BCUT2D eigenvalue weighted by Crippen LogP contribution is 2.38. The molecule has 0 aromatic rings. The summed E-state index contributed by atoms with van der Waals surface area (Å²) in [4.78, 5) is 25.2. The summed E-state index contributed by atoms with van der Waals surface area (Å²) < 4.78 is 34.8. The van der Waals surface area contributed by atoms with E-state index in [0.29, 0.717) is 24.1 Å². The smallest absolute Gasteiger partial charge is 0.306 e.